The van der Waals surface area contributed by atoms with Crippen LogP contribution < -0.4 is 5.73 Å². The van der Waals surface area contributed by atoms with E-state index < -0.39 is 0 Å². The fourth-order valence-electron chi connectivity index (χ4n) is 2.40. The summed E-state index contributed by atoms with van der Waals surface area (Å²) in [6, 6.07) is 8.49. The Morgan fingerprint density at radius 3 is 2.62 bits per heavy atom. The van der Waals surface area contributed by atoms with Crippen molar-refractivity contribution in [2.75, 3.05) is 13.2 Å². The number of benzene rings is 1. The Bertz CT molecular complexity index is 351. The molecule has 2 nitrogen and oxygen atoms in total. The summed E-state index contributed by atoms with van der Waals surface area (Å²) in [6.45, 7) is 3.68. The average molecular weight is 284 g/mol. The van der Waals surface area contributed by atoms with E-state index in [1.165, 1.54) is 5.56 Å². The van der Waals surface area contributed by atoms with Gasteiger partial charge in [0.15, 0.2) is 0 Å². The maximum Gasteiger partial charge on any atom is 0.0619 e. The predicted octanol–water partition coefficient (Wildman–Crippen LogP) is 2.75. The predicted molar refractivity (Wildman–Crippen MR) is 69.4 cm³/mol. The standard InChI is InChI=1S/C13H18BrNO/c1-10-13(9-15,6-7-16-10)8-11-2-4-12(14)5-3-11/h2-5,10H,6-9,15H2,1H3. The van der Waals surface area contributed by atoms with Crippen molar-refractivity contribution < 1.29 is 4.74 Å². The smallest absolute Gasteiger partial charge is 0.0619 e. The third-order valence-corrected chi connectivity index (χ3v) is 4.23. The Balaban J connectivity index is 2.15. The van der Waals surface area contributed by atoms with E-state index in [0.29, 0.717) is 6.54 Å². The van der Waals surface area contributed by atoms with Crippen LogP contribution in [-0.2, 0) is 11.2 Å². The minimum absolute atomic E-state index is 0.133. The lowest BCUT2D eigenvalue weighted by Gasteiger charge is -2.30. The molecule has 0 radical (unpaired) electrons. The molecule has 2 N–H and O–H groups in total. The first-order chi connectivity index (χ1) is 7.66. The Kier molecular flexibility index (Phi) is 3.67. The maximum atomic E-state index is 5.95. The van der Waals surface area contributed by atoms with Gasteiger partial charge >= 0.3 is 0 Å². The van der Waals surface area contributed by atoms with Crippen molar-refractivity contribution in [1.29, 1.82) is 0 Å². The van der Waals surface area contributed by atoms with Crippen LogP contribution in [0.25, 0.3) is 0 Å². The minimum atomic E-state index is 0.133. The molecule has 1 aliphatic rings. The Hall–Kier alpha value is -0.380. The van der Waals surface area contributed by atoms with Crippen molar-refractivity contribution >= 4 is 15.9 Å². The van der Waals surface area contributed by atoms with Crippen molar-refractivity contribution in [1.82, 2.24) is 0 Å². The van der Waals surface area contributed by atoms with Gasteiger partial charge in [-0.05, 0) is 37.5 Å². The van der Waals surface area contributed by atoms with Crippen LogP contribution in [0.4, 0.5) is 0 Å². The van der Waals surface area contributed by atoms with Gasteiger partial charge in [0.1, 0.15) is 0 Å². The molecule has 1 heterocycles. The molecule has 0 bridgehead atoms. The summed E-state index contributed by atoms with van der Waals surface area (Å²) in [4.78, 5) is 0. The molecule has 0 aromatic heterocycles. The highest BCUT2D eigenvalue weighted by Crippen LogP contribution is 2.37. The van der Waals surface area contributed by atoms with Gasteiger partial charge < -0.3 is 10.5 Å². The van der Waals surface area contributed by atoms with Gasteiger partial charge in [0.25, 0.3) is 0 Å². The van der Waals surface area contributed by atoms with Crippen molar-refractivity contribution in [3.8, 4) is 0 Å². The van der Waals surface area contributed by atoms with E-state index in [9.17, 15) is 0 Å². The lowest BCUT2D eigenvalue weighted by Crippen LogP contribution is -2.38. The van der Waals surface area contributed by atoms with E-state index in [1.807, 2.05) is 0 Å². The zero-order valence-electron chi connectivity index (χ0n) is 9.58. The highest BCUT2D eigenvalue weighted by molar-refractivity contribution is 9.10. The molecule has 1 fully saturated rings. The highest BCUT2D eigenvalue weighted by atomic mass is 79.9. The number of halogens is 1. The van der Waals surface area contributed by atoms with Gasteiger partial charge in [-0.2, -0.15) is 0 Å². The second kappa shape index (κ2) is 4.86. The third kappa shape index (κ3) is 2.31. The molecule has 2 unspecified atom stereocenters. The molecular weight excluding hydrogens is 266 g/mol. The summed E-state index contributed by atoms with van der Waals surface area (Å²) in [5.74, 6) is 0. The van der Waals surface area contributed by atoms with Crippen LogP contribution in [0.3, 0.4) is 0 Å². The zero-order valence-corrected chi connectivity index (χ0v) is 11.2. The van der Waals surface area contributed by atoms with E-state index in [2.05, 4.69) is 47.1 Å². The van der Waals surface area contributed by atoms with E-state index in [0.717, 1.165) is 23.9 Å². The summed E-state index contributed by atoms with van der Waals surface area (Å²) < 4.78 is 6.79. The van der Waals surface area contributed by atoms with E-state index in [4.69, 9.17) is 10.5 Å². The fourth-order valence-corrected chi connectivity index (χ4v) is 2.66. The first-order valence-electron chi connectivity index (χ1n) is 5.72. The molecule has 3 heteroatoms. The number of ether oxygens (including phenoxy) is 1. The monoisotopic (exact) mass is 283 g/mol. The van der Waals surface area contributed by atoms with Gasteiger partial charge in [-0.1, -0.05) is 28.1 Å². The van der Waals surface area contributed by atoms with E-state index in [-0.39, 0.29) is 11.5 Å². The molecule has 2 rings (SSSR count). The summed E-state index contributed by atoms with van der Waals surface area (Å²) in [5.41, 5.74) is 7.42. The van der Waals surface area contributed by atoms with Crippen molar-refractivity contribution in [2.24, 2.45) is 11.1 Å². The number of hydrogen-bond acceptors (Lipinski definition) is 2. The topological polar surface area (TPSA) is 35.2 Å². The molecule has 0 aliphatic carbocycles. The molecule has 0 saturated carbocycles. The first kappa shape index (κ1) is 12.1. The quantitative estimate of drug-likeness (QED) is 0.926. The molecule has 1 aromatic rings. The second-order valence-corrected chi connectivity index (χ2v) is 5.55. The molecule has 1 aromatic carbocycles. The molecular formula is C13H18BrNO. The Morgan fingerprint density at radius 1 is 1.44 bits per heavy atom. The van der Waals surface area contributed by atoms with E-state index >= 15 is 0 Å². The maximum absolute atomic E-state index is 5.95. The van der Waals surface area contributed by atoms with Gasteiger partial charge in [0, 0.05) is 23.0 Å². The highest BCUT2D eigenvalue weighted by Gasteiger charge is 2.40. The van der Waals surface area contributed by atoms with Crippen molar-refractivity contribution in [3.05, 3.63) is 34.3 Å². The van der Waals surface area contributed by atoms with Crippen LogP contribution in [0.1, 0.15) is 18.9 Å². The van der Waals surface area contributed by atoms with Gasteiger partial charge in [0.05, 0.1) is 6.10 Å². The SMILES string of the molecule is CC1OCCC1(CN)Cc1ccc(Br)cc1. The first-order valence-corrected chi connectivity index (χ1v) is 6.52. The lowest BCUT2D eigenvalue weighted by molar-refractivity contribution is 0.0673. The largest absolute Gasteiger partial charge is 0.378 e. The van der Waals surface area contributed by atoms with Crippen molar-refractivity contribution in [2.45, 2.75) is 25.9 Å². The van der Waals surface area contributed by atoms with Gasteiger partial charge in [-0.3, -0.25) is 0 Å². The van der Waals surface area contributed by atoms with Gasteiger partial charge in [-0.15, -0.1) is 0 Å². The van der Waals surface area contributed by atoms with Crippen molar-refractivity contribution in [3.63, 3.8) is 0 Å². The number of rotatable bonds is 3. The average Bonchev–Trinajstić information content (AvgIpc) is 2.64. The molecule has 88 valence electrons. The van der Waals surface area contributed by atoms with Crippen LogP contribution in [0.15, 0.2) is 28.7 Å². The van der Waals surface area contributed by atoms with E-state index in [1.54, 1.807) is 0 Å². The summed E-state index contributed by atoms with van der Waals surface area (Å²) in [6.07, 6.45) is 2.35. The van der Waals surface area contributed by atoms with Gasteiger partial charge in [0.2, 0.25) is 0 Å². The second-order valence-electron chi connectivity index (χ2n) is 4.63. The van der Waals surface area contributed by atoms with Crippen LogP contribution in [0.2, 0.25) is 0 Å². The summed E-state index contributed by atoms with van der Waals surface area (Å²) in [5, 5.41) is 0. The molecule has 16 heavy (non-hydrogen) atoms. The van der Waals surface area contributed by atoms with Crippen LogP contribution in [0.5, 0.6) is 0 Å². The number of nitrogens with two attached hydrogens (primary N) is 1. The molecule has 0 spiro atoms. The molecule has 1 saturated heterocycles. The van der Waals surface area contributed by atoms with Crippen LogP contribution in [-0.4, -0.2) is 19.3 Å². The Labute approximate surface area is 105 Å². The normalized spacial score (nSPS) is 29.6. The molecule has 0 amide bonds. The van der Waals surface area contributed by atoms with Crippen LogP contribution in [0, 0.1) is 5.41 Å². The zero-order chi connectivity index (χ0) is 11.6. The van der Waals surface area contributed by atoms with Crippen LogP contribution >= 0.6 is 15.9 Å². The fraction of sp³-hybridized carbons (Fsp3) is 0.538. The lowest BCUT2D eigenvalue weighted by atomic mass is 9.76. The molecule has 1 aliphatic heterocycles. The third-order valence-electron chi connectivity index (χ3n) is 3.71. The number of hydrogen-bond donors (Lipinski definition) is 1. The minimum Gasteiger partial charge on any atom is -0.378 e. The summed E-state index contributed by atoms with van der Waals surface area (Å²) >= 11 is 3.45. The Morgan fingerprint density at radius 2 is 2.12 bits per heavy atom. The molecule has 2 atom stereocenters. The summed E-state index contributed by atoms with van der Waals surface area (Å²) in [7, 11) is 0. The van der Waals surface area contributed by atoms with Gasteiger partial charge in [-0.25, -0.2) is 0 Å².